The Labute approximate surface area is 129 Å². The van der Waals surface area contributed by atoms with E-state index in [1.807, 2.05) is 19.9 Å². The molecule has 4 heteroatoms. The highest BCUT2D eigenvalue weighted by molar-refractivity contribution is 6.03. The zero-order valence-electron chi connectivity index (χ0n) is 12.9. The highest BCUT2D eigenvalue weighted by Crippen LogP contribution is 2.19. The molecule has 22 heavy (non-hydrogen) atoms. The monoisotopic (exact) mass is 298 g/mol. The second-order valence-corrected chi connectivity index (χ2v) is 4.90. The minimum atomic E-state index is -0.577. The first-order chi connectivity index (χ1) is 10.5. The molecule has 0 unspecified atom stereocenters. The maximum absolute atomic E-state index is 12.3. The lowest BCUT2D eigenvalue weighted by Crippen LogP contribution is -2.15. The van der Waals surface area contributed by atoms with Gasteiger partial charge in [0.1, 0.15) is 5.75 Å². The smallest absolute Gasteiger partial charge is 0.344 e. The Morgan fingerprint density at radius 3 is 2.14 bits per heavy atom. The van der Waals surface area contributed by atoms with Crippen LogP contribution in [0.4, 0.5) is 0 Å². The van der Waals surface area contributed by atoms with Crippen LogP contribution < -0.4 is 4.74 Å². The average Bonchev–Trinajstić information content (AvgIpc) is 2.51. The summed E-state index contributed by atoms with van der Waals surface area (Å²) in [5, 5.41) is 0. The second-order valence-electron chi connectivity index (χ2n) is 4.90. The third-order valence-corrected chi connectivity index (χ3v) is 3.33. The van der Waals surface area contributed by atoms with Crippen LogP contribution in [0.25, 0.3) is 0 Å². The summed E-state index contributed by atoms with van der Waals surface area (Å²) in [6, 6.07) is 11.9. The van der Waals surface area contributed by atoms with E-state index in [4.69, 9.17) is 9.47 Å². The van der Waals surface area contributed by atoms with Gasteiger partial charge in [0.15, 0.2) is 0 Å². The molecule has 0 aromatic heterocycles. The molecule has 0 N–H and O–H groups in total. The topological polar surface area (TPSA) is 52.6 Å². The fraction of sp³-hybridized carbons (Fsp3) is 0.222. The highest BCUT2D eigenvalue weighted by atomic mass is 16.5. The van der Waals surface area contributed by atoms with Gasteiger partial charge in [-0.3, -0.25) is 0 Å². The Morgan fingerprint density at radius 1 is 0.909 bits per heavy atom. The Bertz CT molecular complexity index is 704. The van der Waals surface area contributed by atoms with Crippen LogP contribution in [0, 0.1) is 13.8 Å². The molecule has 114 valence electrons. The van der Waals surface area contributed by atoms with E-state index in [-0.39, 0.29) is 17.7 Å². The molecule has 0 spiro atoms. The molecule has 0 amide bonds. The van der Waals surface area contributed by atoms with Gasteiger partial charge < -0.3 is 9.47 Å². The molecule has 0 saturated carbocycles. The molecule has 0 radical (unpaired) electrons. The van der Waals surface area contributed by atoms with Crippen LogP contribution >= 0.6 is 0 Å². The zero-order chi connectivity index (χ0) is 16.1. The molecule has 0 aliphatic heterocycles. The third-order valence-electron chi connectivity index (χ3n) is 3.33. The van der Waals surface area contributed by atoms with E-state index in [0.29, 0.717) is 5.75 Å². The van der Waals surface area contributed by atoms with Crippen molar-refractivity contribution >= 4 is 11.9 Å². The lowest BCUT2D eigenvalue weighted by molar-refractivity contribution is 0.0517. The van der Waals surface area contributed by atoms with Gasteiger partial charge in [0.25, 0.3) is 0 Å². The maximum atomic E-state index is 12.3. The van der Waals surface area contributed by atoms with Crippen LogP contribution in [-0.2, 0) is 4.74 Å². The minimum absolute atomic E-state index is 0.194. The van der Waals surface area contributed by atoms with E-state index in [9.17, 15) is 9.59 Å². The molecule has 2 rings (SSSR count). The first-order valence-electron chi connectivity index (χ1n) is 7.08. The molecule has 0 saturated heterocycles. The third kappa shape index (κ3) is 3.52. The predicted octanol–water partition coefficient (Wildman–Crippen LogP) is 3.70. The predicted molar refractivity (Wildman–Crippen MR) is 83.3 cm³/mol. The van der Waals surface area contributed by atoms with Gasteiger partial charge in [0.2, 0.25) is 0 Å². The van der Waals surface area contributed by atoms with Crippen LogP contribution in [0.15, 0.2) is 42.5 Å². The first-order valence-corrected chi connectivity index (χ1v) is 7.08. The number of hydrogen-bond donors (Lipinski definition) is 0. The molecule has 0 aliphatic rings. The second kappa shape index (κ2) is 6.89. The molecule has 0 bridgehead atoms. The van der Waals surface area contributed by atoms with Gasteiger partial charge in [-0.15, -0.1) is 0 Å². The average molecular weight is 298 g/mol. The van der Waals surface area contributed by atoms with E-state index in [2.05, 4.69) is 0 Å². The summed E-state index contributed by atoms with van der Waals surface area (Å²) in [5.41, 5.74) is 2.55. The number of carbonyl (C=O) groups is 2. The first kappa shape index (κ1) is 15.8. The van der Waals surface area contributed by atoms with E-state index in [1.165, 1.54) is 0 Å². The summed E-state index contributed by atoms with van der Waals surface area (Å²) in [6.45, 7) is 5.89. The van der Waals surface area contributed by atoms with Gasteiger partial charge in [0.05, 0.1) is 17.7 Å². The number of rotatable bonds is 4. The summed E-state index contributed by atoms with van der Waals surface area (Å²) in [4.78, 5) is 24.2. The van der Waals surface area contributed by atoms with E-state index < -0.39 is 11.9 Å². The van der Waals surface area contributed by atoms with Gasteiger partial charge in [-0.25, -0.2) is 9.59 Å². The number of benzene rings is 2. The van der Waals surface area contributed by atoms with Crippen LogP contribution in [0.2, 0.25) is 0 Å². The normalized spacial score (nSPS) is 10.1. The summed E-state index contributed by atoms with van der Waals surface area (Å²) in [7, 11) is 0. The number of ether oxygens (including phenoxy) is 2. The molecule has 0 heterocycles. The van der Waals surface area contributed by atoms with Crippen LogP contribution in [0.1, 0.15) is 38.8 Å². The van der Waals surface area contributed by atoms with Crippen molar-refractivity contribution in [1.82, 2.24) is 0 Å². The van der Waals surface area contributed by atoms with Crippen LogP contribution in [0.5, 0.6) is 5.75 Å². The summed E-state index contributed by atoms with van der Waals surface area (Å²) in [6.07, 6.45) is 0. The Morgan fingerprint density at radius 2 is 1.55 bits per heavy atom. The molecule has 4 nitrogen and oxygen atoms in total. The fourth-order valence-corrected chi connectivity index (χ4v) is 1.99. The van der Waals surface area contributed by atoms with Crippen molar-refractivity contribution in [2.45, 2.75) is 20.8 Å². The van der Waals surface area contributed by atoms with Crippen molar-refractivity contribution in [2.75, 3.05) is 6.61 Å². The minimum Gasteiger partial charge on any atom is -0.462 e. The van der Waals surface area contributed by atoms with Crippen molar-refractivity contribution in [2.24, 2.45) is 0 Å². The van der Waals surface area contributed by atoms with E-state index in [0.717, 1.165) is 11.1 Å². The lowest BCUT2D eigenvalue weighted by Gasteiger charge is -2.09. The van der Waals surface area contributed by atoms with E-state index in [1.54, 1.807) is 43.3 Å². The summed E-state index contributed by atoms with van der Waals surface area (Å²) in [5.74, 6) is -0.659. The molecule has 0 fully saturated rings. The summed E-state index contributed by atoms with van der Waals surface area (Å²) >= 11 is 0. The van der Waals surface area contributed by atoms with Gasteiger partial charge in [0, 0.05) is 0 Å². The number of carbonyl (C=O) groups excluding carboxylic acids is 2. The van der Waals surface area contributed by atoms with E-state index >= 15 is 0 Å². The van der Waals surface area contributed by atoms with Gasteiger partial charge >= 0.3 is 11.9 Å². The van der Waals surface area contributed by atoms with Crippen molar-refractivity contribution in [3.63, 3.8) is 0 Å². The number of hydrogen-bond acceptors (Lipinski definition) is 4. The van der Waals surface area contributed by atoms with Crippen LogP contribution in [-0.4, -0.2) is 18.5 Å². The number of esters is 2. The molecular formula is C18H18O4. The number of aryl methyl sites for hydroxylation is 2. The highest BCUT2D eigenvalue weighted by Gasteiger charge is 2.19. The summed E-state index contributed by atoms with van der Waals surface area (Å²) < 4.78 is 10.3. The van der Waals surface area contributed by atoms with Crippen LogP contribution in [0.3, 0.4) is 0 Å². The largest absolute Gasteiger partial charge is 0.462 e. The zero-order valence-corrected chi connectivity index (χ0v) is 12.9. The molecule has 2 aromatic carbocycles. The lowest BCUT2D eigenvalue weighted by atomic mass is 10.1. The Hall–Kier alpha value is -2.62. The van der Waals surface area contributed by atoms with Crippen molar-refractivity contribution in [3.05, 3.63) is 64.7 Å². The van der Waals surface area contributed by atoms with Crippen molar-refractivity contribution in [1.29, 1.82) is 0 Å². The SMILES string of the molecule is CCOC(=O)c1ccccc1C(=O)Oc1ccc(C)c(C)c1. The quantitative estimate of drug-likeness (QED) is 0.638. The Balaban J connectivity index is 2.26. The van der Waals surface area contributed by atoms with Gasteiger partial charge in [-0.05, 0) is 56.2 Å². The van der Waals surface area contributed by atoms with Gasteiger partial charge in [-0.2, -0.15) is 0 Å². The standard InChI is InChI=1S/C18H18O4/c1-4-21-17(19)15-7-5-6-8-16(15)18(20)22-14-10-9-12(2)13(3)11-14/h5-11H,4H2,1-3H3. The molecule has 0 aliphatic carbocycles. The van der Waals surface area contributed by atoms with Crippen molar-refractivity contribution < 1.29 is 19.1 Å². The van der Waals surface area contributed by atoms with Crippen molar-refractivity contribution in [3.8, 4) is 5.75 Å². The molecular weight excluding hydrogens is 280 g/mol. The Kier molecular flexibility index (Phi) is 4.94. The maximum Gasteiger partial charge on any atom is 0.344 e. The fourth-order valence-electron chi connectivity index (χ4n) is 1.99. The molecule has 0 atom stereocenters. The van der Waals surface area contributed by atoms with Gasteiger partial charge in [-0.1, -0.05) is 18.2 Å². The molecule has 2 aromatic rings.